The number of hydrogen-bond acceptors (Lipinski definition) is 2. The molecule has 0 fully saturated rings. The first-order chi connectivity index (χ1) is 9.08. The third kappa shape index (κ3) is 4.73. The Morgan fingerprint density at radius 2 is 1.95 bits per heavy atom. The molecule has 1 aromatic rings. The Labute approximate surface area is 113 Å². The van der Waals surface area contributed by atoms with Crippen LogP contribution in [0.2, 0.25) is 0 Å². The molecule has 0 radical (unpaired) electrons. The third-order valence-electron chi connectivity index (χ3n) is 3.04. The number of rotatable bonds is 7. The lowest BCUT2D eigenvalue weighted by molar-refractivity contribution is -0.137. The van der Waals surface area contributed by atoms with E-state index in [9.17, 15) is 9.59 Å². The maximum Gasteiger partial charge on any atom is 0.305 e. The minimum atomic E-state index is -0.887. The molecule has 4 nitrogen and oxygen atoms in total. The molecule has 104 valence electrons. The quantitative estimate of drug-likeness (QED) is 0.794. The van der Waals surface area contributed by atoms with Crippen LogP contribution < -0.4 is 5.32 Å². The first kappa shape index (κ1) is 15.2. The van der Waals surface area contributed by atoms with Gasteiger partial charge in [-0.05, 0) is 24.5 Å². The highest BCUT2D eigenvalue weighted by Crippen LogP contribution is 2.11. The number of carboxylic acid groups (broad SMARTS) is 1. The topological polar surface area (TPSA) is 66.4 Å². The van der Waals surface area contributed by atoms with Crippen LogP contribution in [0.25, 0.3) is 0 Å². The highest BCUT2D eigenvalue weighted by molar-refractivity contribution is 5.96. The monoisotopic (exact) mass is 263 g/mol. The normalized spacial score (nSPS) is 11.9. The van der Waals surface area contributed by atoms with Crippen LogP contribution in [0.5, 0.6) is 0 Å². The van der Waals surface area contributed by atoms with E-state index in [1.807, 2.05) is 32.0 Å². The van der Waals surface area contributed by atoms with Crippen LogP contribution in [0.1, 0.15) is 49.0 Å². The second-order valence-corrected chi connectivity index (χ2v) is 4.57. The lowest BCUT2D eigenvalue weighted by atomic mass is 10.0. The van der Waals surface area contributed by atoms with Crippen LogP contribution in [0.4, 0.5) is 0 Å². The summed E-state index contributed by atoms with van der Waals surface area (Å²) in [5, 5.41) is 11.7. The Morgan fingerprint density at radius 3 is 2.53 bits per heavy atom. The van der Waals surface area contributed by atoms with Crippen molar-refractivity contribution in [3.05, 3.63) is 35.4 Å². The van der Waals surface area contributed by atoms with Crippen molar-refractivity contribution < 1.29 is 14.7 Å². The summed E-state index contributed by atoms with van der Waals surface area (Å²) in [4.78, 5) is 23.0. The average Bonchev–Trinajstić information content (AvgIpc) is 2.38. The van der Waals surface area contributed by atoms with E-state index in [-0.39, 0.29) is 18.4 Å². The van der Waals surface area contributed by atoms with E-state index in [0.29, 0.717) is 12.0 Å². The first-order valence-electron chi connectivity index (χ1n) is 6.69. The zero-order chi connectivity index (χ0) is 14.3. The van der Waals surface area contributed by atoms with Crippen LogP contribution in [0, 0.1) is 0 Å². The average molecular weight is 263 g/mol. The second kappa shape index (κ2) is 7.56. The van der Waals surface area contributed by atoms with Crippen LogP contribution in [0.3, 0.4) is 0 Å². The van der Waals surface area contributed by atoms with Crippen molar-refractivity contribution in [3.8, 4) is 0 Å². The van der Waals surface area contributed by atoms with E-state index in [1.165, 1.54) is 0 Å². The first-order valence-corrected chi connectivity index (χ1v) is 6.69. The molecule has 0 aliphatic carbocycles. The van der Waals surface area contributed by atoms with Crippen molar-refractivity contribution in [2.75, 3.05) is 0 Å². The molecule has 19 heavy (non-hydrogen) atoms. The standard InChI is InChI=1S/C15H21NO3/c1-3-7-12(10-14(17)18)16-15(19)13-9-6-5-8-11(13)4-2/h5-6,8-9,12H,3-4,7,10H2,1-2H3,(H,16,19)(H,17,18). The molecule has 0 aliphatic heterocycles. The SMILES string of the molecule is CCCC(CC(=O)O)NC(=O)c1ccccc1CC. The maximum absolute atomic E-state index is 12.2. The molecular formula is C15H21NO3. The summed E-state index contributed by atoms with van der Waals surface area (Å²) in [5.74, 6) is -1.07. The molecule has 4 heteroatoms. The lowest BCUT2D eigenvalue weighted by Gasteiger charge is -2.17. The second-order valence-electron chi connectivity index (χ2n) is 4.57. The smallest absolute Gasteiger partial charge is 0.305 e. The van der Waals surface area contributed by atoms with Crippen LogP contribution >= 0.6 is 0 Å². The van der Waals surface area contributed by atoms with Gasteiger partial charge >= 0.3 is 5.97 Å². The van der Waals surface area contributed by atoms with Gasteiger partial charge < -0.3 is 10.4 Å². The van der Waals surface area contributed by atoms with Gasteiger partial charge in [-0.25, -0.2) is 0 Å². The van der Waals surface area contributed by atoms with Gasteiger partial charge in [0.25, 0.3) is 5.91 Å². The molecule has 2 N–H and O–H groups in total. The summed E-state index contributed by atoms with van der Waals surface area (Å²) < 4.78 is 0. The number of carboxylic acids is 1. The van der Waals surface area contributed by atoms with Crippen LogP contribution in [-0.4, -0.2) is 23.0 Å². The molecule has 0 spiro atoms. The number of hydrogen-bond donors (Lipinski definition) is 2. The fourth-order valence-corrected chi connectivity index (χ4v) is 2.10. The molecule has 0 heterocycles. The molecule has 0 saturated carbocycles. The highest BCUT2D eigenvalue weighted by Gasteiger charge is 2.17. The summed E-state index contributed by atoms with van der Waals surface area (Å²) in [5.41, 5.74) is 1.61. The van der Waals surface area contributed by atoms with E-state index in [4.69, 9.17) is 5.11 Å². The summed E-state index contributed by atoms with van der Waals surface area (Å²) in [6, 6.07) is 7.11. The van der Waals surface area contributed by atoms with Gasteiger partial charge in [0.15, 0.2) is 0 Å². The van der Waals surface area contributed by atoms with Crippen LogP contribution in [-0.2, 0) is 11.2 Å². The maximum atomic E-state index is 12.2. The van der Waals surface area contributed by atoms with Crippen LogP contribution in [0.15, 0.2) is 24.3 Å². The van der Waals surface area contributed by atoms with Crippen molar-refractivity contribution in [2.24, 2.45) is 0 Å². The molecule has 0 aliphatic rings. The molecule has 1 aromatic carbocycles. The fraction of sp³-hybridized carbons (Fsp3) is 0.467. The molecule has 1 atom stereocenters. The fourth-order valence-electron chi connectivity index (χ4n) is 2.10. The van der Waals surface area contributed by atoms with Gasteiger partial charge in [-0.2, -0.15) is 0 Å². The van der Waals surface area contributed by atoms with Gasteiger partial charge in [-0.15, -0.1) is 0 Å². The van der Waals surface area contributed by atoms with Crippen molar-refractivity contribution >= 4 is 11.9 Å². The van der Waals surface area contributed by atoms with Gasteiger partial charge in [0.2, 0.25) is 0 Å². The lowest BCUT2D eigenvalue weighted by Crippen LogP contribution is -2.36. The number of carbonyl (C=O) groups is 2. The number of carbonyl (C=O) groups excluding carboxylic acids is 1. The Balaban J connectivity index is 2.78. The van der Waals surface area contributed by atoms with Gasteiger partial charge in [0, 0.05) is 11.6 Å². The van der Waals surface area contributed by atoms with E-state index in [2.05, 4.69) is 5.32 Å². The minimum Gasteiger partial charge on any atom is -0.481 e. The molecule has 1 unspecified atom stereocenters. The summed E-state index contributed by atoms with van der Waals surface area (Å²) in [6.45, 7) is 3.97. The summed E-state index contributed by atoms with van der Waals surface area (Å²) in [6.07, 6.45) is 2.26. The number of aryl methyl sites for hydroxylation is 1. The Morgan fingerprint density at radius 1 is 1.26 bits per heavy atom. The van der Waals surface area contributed by atoms with E-state index < -0.39 is 5.97 Å². The van der Waals surface area contributed by atoms with Crippen molar-refractivity contribution in [3.63, 3.8) is 0 Å². The molecule has 0 aromatic heterocycles. The summed E-state index contributed by atoms with van der Waals surface area (Å²) >= 11 is 0. The zero-order valence-electron chi connectivity index (χ0n) is 11.5. The number of nitrogens with one attached hydrogen (secondary N) is 1. The predicted octanol–water partition coefficient (Wildman–Crippen LogP) is 2.62. The zero-order valence-corrected chi connectivity index (χ0v) is 11.5. The van der Waals surface area contributed by atoms with E-state index >= 15 is 0 Å². The molecule has 0 bridgehead atoms. The van der Waals surface area contributed by atoms with E-state index in [0.717, 1.165) is 18.4 Å². The molecule has 1 amide bonds. The van der Waals surface area contributed by atoms with E-state index in [1.54, 1.807) is 6.07 Å². The summed E-state index contributed by atoms with van der Waals surface area (Å²) in [7, 11) is 0. The Hall–Kier alpha value is -1.84. The van der Waals surface area contributed by atoms with Crippen molar-refractivity contribution in [1.29, 1.82) is 0 Å². The van der Waals surface area contributed by atoms with Crippen molar-refractivity contribution in [1.82, 2.24) is 5.32 Å². The van der Waals surface area contributed by atoms with Gasteiger partial charge in [-0.3, -0.25) is 9.59 Å². The van der Waals surface area contributed by atoms with Crippen molar-refractivity contribution in [2.45, 2.75) is 45.6 Å². The Kier molecular flexibility index (Phi) is 6.06. The molecule has 1 rings (SSSR count). The predicted molar refractivity (Wildman–Crippen MR) is 74.2 cm³/mol. The van der Waals surface area contributed by atoms with Gasteiger partial charge in [0.05, 0.1) is 6.42 Å². The highest BCUT2D eigenvalue weighted by atomic mass is 16.4. The molecule has 0 saturated heterocycles. The van der Waals surface area contributed by atoms with Gasteiger partial charge in [0.1, 0.15) is 0 Å². The van der Waals surface area contributed by atoms with Gasteiger partial charge in [-0.1, -0.05) is 38.5 Å². The number of benzene rings is 1. The Bertz CT molecular complexity index is 443. The number of aliphatic carboxylic acids is 1. The third-order valence-corrected chi connectivity index (χ3v) is 3.04. The largest absolute Gasteiger partial charge is 0.481 e. The minimum absolute atomic E-state index is 0.0339. The molecular weight excluding hydrogens is 242 g/mol. The number of amides is 1.